The van der Waals surface area contributed by atoms with E-state index in [1.807, 2.05) is 6.92 Å². The smallest absolute Gasteiger partial charge is 0.587 e. The van der Waals surface area contributed by atoms with Crippen molar-refractivity contribution in [1.29, 1.82) is 0 Å². The second-order valence-electron chi connectivity index (χ2n) is 8.46. The summed E-state index contributed by atoms with van der Waals surface area (Å²) in [5, 5.41) is 10.9. The zero-order valence-corrected chi connectivity index (χ0v) is 25.2. The average molecular weight is 592 g/mol. The third-order valence-corrected chi connectivity index (χ3v) is 7.64. The molecule has 0 unspecified atom stereocenters. The number of halogens is 3. The van der Waals surface area contributed by atoms with E-state index in [1.54, 1.807) is 6.07 Å². The number of hydrogen-bond donors (Lipinski definition) is 1. The minimum atomic E-state index is -0.680. The first-order valence-electron chi connectivity index (χ1n) is 10.1. The van der Waals surface area contributed by atoms with E-state index >= 15 is 0 Å². The number of carbonyl (C=O) groups is 4. The summed E-state index contributed by atoms with van der Waals surface area (Å²) >= 11 is 20.3. The predicted molar refractivity (Wildman–Crippen MR) is 131 cm³/mol. The van der Waals surface area contributed by atoms with E-state index in [0.29, 0.717) is 54.2 Å². The van der Waals surface area contributed by atoms with Gasteiger partial charge in [0.15, 0.2) is 0 Å². The Balaban J connectivity index is 0.00000229. The average Bonchev–Trinajstić information content (AvgIpc) is 2.77. The van der Waals surface area contributed by atoms with Gasteiger partial charge < -0.3 is 14.9 Å². The van der Waals surface area contributed by atoms with Crippen LogP contribution in [0.2, 0.25) is 15.1 Å². The fourth-order valence-corrected chi connectivity index (χ4v) is 6.40. The first-order valence-corrected chi connectivity index (χ1v) is 11.3. The number of amides is 4. The van der Waals surface area contributed by atoms with Gasteiger partial charge in [0.1, 0.15) is 0 Å². The van der Waals surface area contributed by atoms with Crippen molar-refractivity contribution in [1.82, 2.24) is 5.32 Å². The molecule has 164 valence electrons. The number of fused-ring (bicyclic) bond motifs is 2. The Hall–Kier alpha value is -1.64. The van der Waals surface area contributed by atoms with E-state index in [-0.39, 0.29) is 89.9 Å². The minimum absolute atomic E-state index is 0. The fourth-order valence-electron chi connectivity index (χ4n) is 5.51. The van der Waals surface area contributed by atoms with Gasteiger partial charge in [-0.2, -0.15) is 0 Å². The van der Waals surface area contributed by atoms with Crippen LogP contribution in [0.4, 0.5) is 0 Å². The zero-order chi connectivity index (χ0) is 23.8. The van der Waals surface area contributed by atoms with Gasteiger partial charge in [0.25, 0.3) is 11.8 Å². The summed E-state index contributed by atoms with van der Waals surface area (Å²) < 4.78 is 0. The van der Waals surface area contributed by atoms with Crippen LogP contribution in [0.25, 0.3) is 48.4 Å². The SMILES string of the molecule is Cc1cc2c3c(cc(Cl)c4c5c(Cl)cc6c7c(cc(Cl)c(c1c34)c75)C(=O)[N-]C6=O)C(=O)NC2=O.[Rb+]. The Morgan fingerprint density at radius 1 is 0.571 bits per heavy atom. The maximum atomic E-state index is 12.7. The molecule has 2 aliphatic heterocycles. The van der Waals surface area contributed by atoms with Gasteiger partial charge in [-0.3, -0.25) is 14.9 Å². The summed E-state index contributed by atoms with van der Waals surface area (Å²) in [4.78, 5) is 50.7. The van der Waals surface area contributed by atoms with Crippen molar-refractivity contribution >= 4 is 102 Å². The van der Waals surface area contributed by atoms with Crippen molar-refractivity contribution < 1.29 is 77.4 Å². The summed E-state index contributed by atoms with van der Waals surface area (Å²) in [6.07, 6.45) is 0. The Labute approximate surface area is 260 Å². The largest absolute Gasteiger partial charge is 1.00 e. The van der Waals surface area contributed by atoms with Crippen molar-refractivity contribution in [2.75, 3.05) is 0 Å². The molecule has 35 heavy (non-hydrogen) atoms. The number of aryl methyl sites for hydroxylation is 1. The van der Waals surface area contributed by atoms with Gasteiger partial charge >= 0.3 is 58.2 Å². The van der Waals surface area contributed by atoms with Crippen LogP contribution >= 0.6 is 34.8 Å². The second-order valence-corrected chi connectivity index (χ2v) is 9.69. The van der Waals surface area contributed by atoms with Crippen molar-refractivity contribution in [3.05, 3.63) is 72.5 Å². The van der Waals surface area contributed by atoms with Crippen LogP contribution in [0.3, 0.4) is 0 Å². The monoisotopic (exact) mass is 590 g/mol. The molecule has 2 heterocycles. The van der Waals surface area contributed by atoms with Crippen molar-refractivity contribution in [2.24, 2.45) is 0 Å². The molecule has 0 bridgehead atoms. The van der Waals surface area contributed by atoms with Crippen molar-refractivity contribution in [2.45, 2.75) is 6.92 Å². The number of carbonyl (C=O) groups excluding carboxylic acids is 4. The number of hydrogen-bond acceptors (Lipinski definition) is 4. The predicted octanol–water partition coefficient (Wildman–Crippen LogP) is 3.56. The first-order chi connectivity index (χ1) is 16.2. The zero-order valence-electron chi connectivity index (χ0n) is 18.0. The van der Waals surface area contributed by atoms with Gasteiger partial charge in [-0.05, 0) is 42.1 Å². The van der Waals surface area contributed by atoms with Gasteiger partial charge in [-0.25, -0.2) is 0 Å². The Morgan fingerprint density at radius 2 is 0.971 bits per heavy atom. The topological polar surface area (TPSA) is 94.4 Å². The number of imide groups is 2. The van der Waals surface area contributed by atoms with Gasteiger partial charge in [-0.1, -0.05) is 34.8 Å². The normalized spacial score (nSPS) is 14.7. The number of nitrogens with zero attached hydrogens (tertiary/aromatic N) is 1. The molecular formula is C25H8Cl3N2O4Rb. The molecule has 0 saturated carbocycles. The van der Waals surface area contributed by atoms with Crippen molar-refractivity contribution in [3.8, 4) is 0 Å². The third kappa shape index (κ3) is 2.85. The molecule has 0 saturated heterocycles. The molecule has 10 heteroatoms. The van der Waals surface area contributed by atoms with Gasteiger partial charge in [0.2, 0.25) is 0 Å². The summed E-state index contributed by atoms with van der Waals surface area (Å²) in [6, 6.07) is 6.18. The van der Waals surface area contributed by atoms with Gasteiger partial charge in [0.05, 0.1) is 11.8 Å². The molecule has 7 rings (SSSR count). The summed E-state index contributed by atoms with van der Waals surface area (Å²) in [7, 11) is 0. The van der Waals surface area contributed by atoms with E-state index in [2.05, 4.69) is 10.6 Å². The number of benzene rings is 5. The maximum absolute atomic E-state index is 12.7. The fraction of sp³-hybridized carbons (Fsp3) is 0.0400. The quantitative estimate of drug-likeness (QED) is 0.169. The third-order valence-electron chi connectivity index (χ3n) is 6.74. The van der Waals surface area contributed by atoms with Crippen LogP contribution in [-0.2, 0) is 0 Å². The molecule has 2 aliphatic rings. The van der Waals surface area contributed by atoms with E-state index in [0.717, 1.165) is 0 Å². The second kappa shape index (κ2) is 7.68. The molecule has 0 aliphatic carbocycles. The van der Waals surface area contributed by atoms with Gasteiger partial charge in [0, 0.05) is 75.0 Å². The molecule has 0 radical (unpaired) electrons. The van der Waals surface area contributed by atoms with Crippen LogP contribution in [0.15, 0.2) is 24.3 Å². The van der Waals surface area contributed by atoms with Crippen LogP contribution in [0.1, 0.15) is 47.0 Å². The molecule has 6 nitrogen and oxygen atoms in total. The molecule has 1 N–H and O–H groups in total. The van der Waals surface area contributed by atoms with Crippen LogP contribution in [0.5, 0.6) is 0 Å². The molecule has 0 spiro atoms. The van der Waals surface area contributed by atoms with Crippen LogP contribution in [0, 0.1) is 6.92 Å². The Kier molecular flexibility index (Phi) is 5.21. The summed E-state index contributed by atoms with van der Waals surface area (Å²) in [5.74, 6) is -2.42. The standard InChI is InChI=1S/C25H9Cl3N2O4.Rb/c1-6-2-7-15-8(23(32)29-22(7)31)4-12(27)18-19-13(28)5-10-16-9(24(33)30-25(10)34)3-11(26)17(21(16)19)14(6)20(15)18;/h2-5H,1H3,(H2,29,30,31,32,33,34);/q;+1/p-1. The van der Waals surface area contributed by atoms with Gasteiger partial charge in [-0.15, -0.1) is 0 Å². The first kappa shape index (κ1) is 23.7. The Morgan fingerprint density at radius 3 is 1.51 bits per heavy atom. The molecule has 0 fully saturated rings. The summed E-state index contributed by atoms with van der Waals surface area (Å²) in [6.45, 7) is 1.82. The van der Waals surface area contributed by atoms with Crippen molar-refractivity contribution in [3.63, 3.8) is 0 Å². The van der Waals surface area contributed by atoms with E-state index in [1.165, 1.54) is 18.2 Å². The summed E-state index contributed by atoms with van der Waals surface area (Å²) in [5.41, 5.74) is 1.73. The molecule has 0 aromatic heterocycles. The number of rotatable bonds is 0. The van der Waals surface area contributed by atoms with E-state index in [9.17, 15) is 19.2 Å². The van der Waals surface area contributed by atoms with E-state index in [4.69, 9.17) is 34.8 Å². The van der Waals surface area contributed by atoms with Crippen LogP contribution in [-0.4, -0.2) is 23.6 Å². The van der Waals surface area contributed by atoms with Crippen LogP contribution < -0.4 is 63.5 Å². The Bertz CT molecular complexity index is 1670. The minimum Gasteiger partial charge on any atom is -0.587 e. The molecule has 0 atom stereocenters. The maximum Gasteiger partial charge on any atom is 1.00 e. The molecule has 5 aromatic rings. The molecular weight excluding hydrogens is 584 g/mol. The number of nitrogens with one attached hydrogen (secondary N) is 1. The molecule has 5 aromatic carbocycles. The van der Waals surface area contributed by atoms with E-state index < -0.39 is 23.6 Å². The molecule has 4 amide bonds.